The molecule has 3 aromatic rings. The zero-order valence-corrected chi connectivity index (χ0v) is 12.7. The minimum atomic E-state index is 0.539. The van der Waals surface area contributed by atoms with Crippen molar-refractivity contribution in [3.8, 4) is 28.7 Å². The number of nitriles is 1. The molecule has 0 saturated carbocycles. The first-order valence-electron chi connectivity index (χ1n) is 6.93. The van der Waals surface area contributed by atoms with Gasteiger partial charge in [0.2, 0.25) is 0 Å². The van der Waals surface area contributed by atoms with E-state index in [-0.39, 0.29) is 0 Å². The van der Waals surface area contributed by atoms with Crippen molar-refractivity contribution in [2.45, 2.75) is 6.92 Å². The number of para-hydroxylation sites is 1. The lowest BCUT2D eigenvalue weighted by atomic mass is 9.98. The SMILES string of the molecule is COc1cc(C#N)cc(-c2c(C)[nH]c3ccccc23)c1OC. The van der Waals surface area contributed by atoms with Crippen LogP contribution in [0.25, 0.3) is 22.0 Å². The van der Waals surface area contributed by atoms with Crippen molar-refractivity contribution in [3.05, 3.63) is 47.7 Å². The summed E-state index contributed by atoms with van der Waals surface area (Å²) in [6.07, 6.45) is 0. The van der Waals surface area contributed by atoms with Crippen molar-refractivity contribution in [2.75, 3.05) is 14.2 Å². The Hall–Kier alpha value is -2.93. The van der Waals surface area contributed by atoms with Crippen molar-refractivity contribution in [1.29, 1.82) is 5.26 Å². The van der Waals surface area contributed by atoms with Crippen LogP contribution < -0.4 is 9.47 Å². The third-order valence-electron chi connectivity index (χ3n) is 3.77. The lowest BCUT2D eigenvalue weighted by molar-refractivity contribution is 0.356. The van der Waals surface area contributed by atoms with Gasteiger partial charge in [-0.1, -0.05) is 18.2 Å². The summed E-state index contributed by atoms with van der Waals surface area (Å²) in [7, 11) is 3.18. The van der Waals surface area contributed by atoms with Gasteiger partial charge in [0.25, 0.3) is 0 Å². The average Bonchev–Trinajstić information content (AvgIpc) is 2.89. The Morgan fingerprint density at radius 1 is 1.09 bits per heavy atom. The fourth-order valence-electron chi connectivity index (χ4n) is 2.84. The van der Waals surface area contributed by atoms with Crippen LogP contribution in [0.5, 0.6) is 11.5 Å². The number of nitrogens with one attached hydrogen (secondary N) is 1. The van der Waals surface area contributed by atoms with Crippen molar-refractivity contribution in [1.82, 2.24) is 4.98 Å². The van der Waals surface area contributed by atoms with Gasteiger partial charge >= 0.3 is 0 Å². The van der Waals surface area contributed by atoms with E-state index in [1.165, 1.54) is 0 Å². The number of benzene rings is 2. The van der Waals surface area contributed by atoms with E-state index in [1.54, 1.807) is 20.3 Å². The molecule has 0 aliphatic heterocycles. The standard InChI is InChI=1S/C18H16N2O2/c1-11-17(13-6-4-5-7-15(13)20-11)14-8-12(10-19)9-16(21-2)18(14)22-3/h4-9,20H,1-3H3. The van der Waals surface area contributed by atoms with Crippen LogP contribution >= 0.6 is 0 Å². The number of fused-ring (bicyclic) bond motifs is 1. The number of nitrogens with zero attached hydrogens (tertiary/aromatic N) is 1. The van der Waals surface area contributed by atoms with Crippen LogP contribution in [-0.2, 0) is 0 Å². The third-order valence-corrected chi connectivity index (χ3v) is 3.77. The molecular formula is C18H16N2O2. The summed E-state index contributed by atoms with van der Waals surface area (Å²) in [5.74, 6) is 1.19. The summed E-state index contributed by atoms with van der Waals surface area (Å²) in [6, 6.07) is 13.8. The van der Waals surface area contributed by atoms with E-state index in [0.29, 0.717) is 17.1 Å². The second-order valence-electron chi connectivity index (χ2n) is 5.04. The van der Waals surface area contributed by atoms with Crippen LogP contribution in [-0.4, -0.2) is 19.2 Å². The molecule has 0 saturated heterocycles. The lowest BCUT2D eigenvalue weighted by Gasteiger charge is -2.14. The highest BCUT2D eigenvalue weighted by atomic mass is 16.5. The Bertz CT molecular complexity index is 888. The molecule has 0 aliphatic rings. The zero-order valence-electron chi connectivity index (χ0n) is 12.7. The first-order chi connectivity index (χ1) is 10.7. The van der Waals surface area contributed by atoms with E-state index in [9.17, 15) is 5.26 Å². The van der Waals surface area contributed by atoms with Crippen LogP contribution in [0.4, 0.5) is 0 Å². The first-order valence-corrected chi connectivity index (χ1v) is 6.93. The largest absolute Gasteiger partial charge is 0.493 e. The maximum atomic E-state index is 9.27. The van der Waals surface area contributed by atoms with Gasteiger partial charge < -0.3 is 14.5 Å². The summed E-state index contributed by atoms with van der Waals surface area (Å²) in [4.78, 5) is 3.37. The molecule has 2 aromatic carbocycles. The molecule has 110 valence electrons. The third kappa shape index (κ3) is 2.08. The van der Waals surface area contributed by atoms with Gasteiger partial charge in [0.1, 0.15) is 0 Å². The van der Waals surface area contributed by atoms with Gasteiger partial charge in [-0.2, -0.15) is 5.26 Å². The van der Waals surface area contributed by atoms with E-state index in [0.717, 1.165) is 27.7 Å². The topological polar surface area (TPSA) is 58.0 Å². The number of rotatable bonds is 3. The Morgan fingerprint density at radius 2 is 1.86 bits per heavy atom. The molecule has 0 atom stereocenters. The van der Waals surface area contributed by atoms with Crippen LogP contribution in [0, 0.1) is 18.3 Å². The summed E-state index contributed by atoms with van der Waals surface area (Å²) >= 11 is 0. The predicted octanol–water partition coefficient (Wildman–Crippen LogP) is 4.03. The number of aromatic amines is 1. The normalized spacial score (nSPS) is 10.5. The number of ether oxygens (including phenoxy) is 2. The highest BCUT2D eigenvalue weighted by Crippen LogP contribution is 2.43. The van der Waals surface area contributed by atoms with E-state index >= 15 is 0 Å². The molecule has 0 amide bonds. The molecule has 1 aromatic heterocycles. The van der Waals surface area contributed by atoms with E-state index in [2.05, 4.69) is 17.1 Å². The number of hydrogen-bond donors (Lipinski definition) is 1. The van der Waals surface area contributed by atoms with E-state index < -0.39 is 0 Å². The van der Waals surface area contributed by atoms with Crippen molar-refractivity contribution < 1.29 is 9.47 Å². The summed E-state index contributed by atoms with van der Waals surface area (Å²) in [6.45, 7) is 2.01. The highest BCUT2D eigenvalue weighted by Gasteiger charge is 2.19. The first kappa shape index (κ1) is 14.0. The molecule has 0 radical (unpaired) electrons. The van der Waals surface area contributed by atoms with Gasteiger partial charge in [-0.15, -0.1) is 0 Å². The molecule has 0 spiro atoms. The summed E-state index contributed by atoms with van der Waals surface area (Å²) in [5, 5.41) is 10.4. The molecule has 4 nitrogen and oxygen atoms in total. The maximum Gasteiger partial charge on any atom is 0.168 e. The van der Waals surface area contributed by atoms with Crippen LogP contribution in [0.1, 0.15) is 11.3 Å². The number of methoxy groups -OCH3 is 2. The molecule has 22 heavy (non-hydrogen) atoms. The van der Waals surface area contributed by atoms with Crippen molar-refractivity contribution in [3.63, 3.8) is 0 Å². The van der Waals surface area contributed by atoms with Crippen LogP contribution in [0.15, 0.2) is 36.4 Å². The minimum Gasteiger partial charge on any atom is -0.493 e. The van der Waals surface area contributed by atoms with Gasteiger partial charge in [0.15, 0.2) is 11.5 Å². The average molecular weight is 292 g/mol. The lowest BCUT2D eigenvalue weighted by Crippen LogP contribution is -1.95. The molecule has 0 bridgehead atoms. The fraction of sp³-hybridized carbons (Fsp3) is 0.167. The second kappa shape index (κ2) is 5.45. The fourth-order valence-corrected chi connectivity index (χ4v) is 2.84. The Kier molecular flexibility index (Phi) is 3.48. The maximum absolute atomic E-state index is 9.27. The Labute approximate surface area is 128 Å². The van der Waals surface area contributed by atoms with Gasteiger partial charge in [-0.05, 0) is 19.1 Å². The number of aromatic nitrogens is 1. The molecule has 3 rings (SSSR count). The second-order valence-corrected chi connectivity index (χ2v) is 5.04. The highest BCUT2D eigenvalue weighted by molar-refractivity contribution is 5.99. The quantitative estimate of drug-likeness (QED) is 0.792. The minimum absolute atomic E-state index is 0.539. The van der Waals surface area contributed by atoms with Gasteiger partial charge in [-0.3, -0.25) is 0 Å². The monoisotopic (exact) mass is 292 g/mol. The number of H-pyrrole nitrogens is 1. The number of aryl methyl sites for hydroxylation is 1. The van der Waals surface area contributed by atoms with Gasteiger partial charge in [0.05, 0.1) is 25.9 Å². The molecule has 0 aliphatic carbocycles. The Balaban J connectivity index is 2.39. The predicted molar refractivity (Wildman–Crippen MR) is 86.3 cm³/mol. The molecule has 0 unspecified atom stereocenters. The Morgan fingerprint density at radius 3 is 2.55 bits per heavy atom. The summed E-state index contributed by atoms with van der Waals surface area (Å²) in [5.41, 5.74) is 4.50. The smallest absolute Gasteiger partial charge is 0.168 e. The van der Waals surface area contributed by atoms with Crippen LogP contribution in [0.2, 0.25) is 0 Å². The van der Waals surface area contributed by atoms with Gasteiger partial charge in [-0.25, -0.2) is 0 Å². The van der Waals surface area contributed by atoms with Crippen molar-refractivity contribution >= 4 is 10.9 Å². The van der Waals surface area contributed by atoms with E-state index in [1.807, 2.05) is 31.2 Å². The molecule has 1 N–H and O–H groups in total. The van der Waals surface area contributed by atoms with Crippen LogP contribution in [0.3, 0.4) is 0 Å². The molecule has 0 fully saturated rings. The van der Waals surface area contributed by atoms with Crippen molar-refractivity contribution in [2.24, 2.45) is 0 Å². The molecular weight excluding hydrogens is 276 g/mol. The zero-order chi connectivity index (χ0) is 15.7. The number of hydrogen-bond acceptors (Lipinski definition) is 3. The van der Waals surface area contributed by atoms with E-state index in [4.69, 9.17) is 9.47 Å². The summed E-state index contributed by atoms with van der Waals surface area (Å²) < 4.78 is 10.9. The molecule has 4 heteroatoms. The van der Waals surface area contributed by atoms with Gasteiger partial charge in [0, 0.05) is 33.8 Å². The molecule has 1 heterocycles.